The highest BCUT2D eigenvalue weighted by molar-refractivity contribution is 5.93. The predicted molar refractivity (Wildman–Crippen MR) is 71.3 cm³/mol. The summed E-state index contributed by atoms with van der Waals surface area (Å²) in [4.78, 5) is 17.6. The number of carbonyl (C=O) groups is 1. The maximum Gasteiger partial charge on any atom is 0.248 e. The third kappa shape index (κ3) is 2.46. The first-order valence-electron chi connectivity index (χ1n) is 6.32. The van der Waals surface area contributed by atoms with E-state index in [0.717, 1.165) is 12.2 Å². The SMILES string of the molecule is CN(c1cc(C(N)=O)ccn1)C1CCCC1CN. The molecule has 1 saturated carbocycles. The lowest BCUT2D eigenvalue weighted by molar-refractivity contribution is 0.1000. The summed E-state index contributed by atoms with van der Waals surface area (Å²) < 4.78 is 0. The summed E-state index contributed by atoms with van der Waals surface area (Å²) in [6, 6.07) is 3.79. The zero-order chi connectivity index (χ0) is 13.1. The number of hydrogen-bond acceptors (Lipinski definition) is 4. The molecule has 1 aromatic heterocycles. The first-order chi connectivity index (χ1) is 8.63. The van der Waals surface area contributed by atoms with Crippen molar-refractivity contribution in [1.29, 1.82) is 0 Å². The van der Waals surface area contributed by atoms with Crippen LogP contribution in [-0.2, 0) is 0 Å². The van der Waals surface area contributed by atoms with E-state index in [9.17, 15) is 4.79 Å². The van der Waals surface area contributed by atoms with E-state index in [1.54, 1.807) is 18.3 Å². The Bertz CT molecular complexity index is 435. The van der Waals surface area contributed by atoms with Crippen molar-refractivity contribution in [3.8, 4) is 0 Å². The van der Waals surface area contributed by atoms with Gasteiger partial charge in [-0.1, -0.05) is 6.42 Å². The van der Waals surface area contributed by atoms with Crippen LogP contribution in [0.25, 0.3) is 0 Å². The van der Waals surface area contributed by atoms with Crippen LogP contribution in [0, 0.1) is 5.92 Å². The third-order valence-corrected chi connectivity index (χ3v) is 3.81. The Morgan fingerprint density at radius 1 is 1.56 bits per heavy atom. The molecular formula is C13H20N4O. The van der Waals surface area contributed by atoms with Gasteiger partial charge in [0.25, 0.3) is 0 Å². The second-order valence-electron chi connectivity index (χ2n) is 4.87. The van der Waals surface area contributed by atoms with Crippen molar-refractivity contribution >= 4 is 11.7 Å². The minimum absolute atomic E-state index is 0.408. The second-order valence-corrected chi connectivity index (χ2v) is 4.87. The summed E-state index contributed by atoms with van der Waals surface area (Å²) in [5.41, 5.74) is 11.6. The van der Waals surface area contributed by atoms with E-state index in [0.29, 0.717) is 24.1 Å². The van der Waals surface area contributed by atoms with Crippen molar-refractivity contribution < 1.29 is 4.79 Å². The smallest absolute Gasteiger partial charge is 0.248 e. The van der Waals surface area contributed by atoms with Crippen LogP contribution in [0.1, 0.15) is 29.6 Å². The molecule has 0 spiro atoms. The number of pyridine rings is 1. The summed E-state index contributed by atoms with van der Waals surface area (Å²) in [5, 5.41) is 0. The molecule has 1 amide bonds. The molecule has 2 atom stereocenters. The number of carbonyl (C=O) groups excluding carboxylic acids is 1. The summed E-state index contributed by atoms with van der Waals surface area (Å²) in [5.74, 6) is 0.875. The fourth-order valence-electron chi connectivity index (χ4n) is 2.74. The molecule has 18 heavy (non-hydrogen) atoms. The standard InChI is InChI=1S/C13H20N4O/c1-17(11-4-2-3-10(11)8-14)12-7-9(13(15)18)5-6-16-12/h5-7,10-11H,2-4,8,14H2,1H3,(H2,15,18). The molecule has 0 saturated heterocycles. The highest BCUT2D eigenvalue weighted by Crippen LogP contribution is 2.30. The second kappa shape index (κ2) is 5.35. The Balaban J connectivity index is 2.20. The quantitative estimate of drug-likeness (QED) is 0.823. The fourth-order valence-corrected chi connectivity index (χ4v) is 2.74. The molecule has 1 aliphatic rings. The van der Waals surface area contributed by atoms with Crippen molar-refractivity contribution in [1.82, 2.24) is 4.98 Å². The first-order valence-corrected chi connectivity index (χ1v) is 6.32. The Morgan fingerprint density at radius 3 is 3.00 bits per heavy atom. The lowest BCUT2D eigenvalue weighted by atomic mass is 10.0. The number of primary amides is 1. The predicted octanol–water partition coefficient (Wildman–Crippen LogP) is 0.744. The van der Waals surface area contributed by atoms with E-state index in [4.69, 9.17) is 11.5 Å². The van der Waals surface area contributed by atoms with Gasteiger partial charge < -0.3 is 16.4 Å². The molecule has 2 rings (SSSR count). The third-order valence-electron chi connectivity index (χ3n) is 3.81. The topological polar surface area (TPSA) is 85.2 Å². The molecular weight excluding hydrogens is 228 g/mol. The minimum Gasteiger partial charge on any atom is -0.366 e. The molecule has 2 unspecified atom stereocenters. The highest BCUT2D eigenvalue weighted by atomic mass is 16.1. The van der Waals surface area contributed by atoms with Gasteiger partial charge in [0.05, 0.1) is 0 Å². The number of amides is 1. The molecule has 4 N–H and O–H groups in total. The molecule has 5 heteroatoms. The number of hydrogen-bond donors (Lipinski definition) is 2. The van der Waals surface area contributed by atoms with Crippen LogP contribution < -0.4 is 16.4 Å². The van der Waals surface area contributed by atoms with E-state index >= 15 is 0 Å². The molecule has 98 valence electrons. The zero-order valence-electron chi connectivity index (χ0n) is 10.7. The van der Waals surface area contributed by atoms with Crippen molar-refractivity contribution in [3.63, 3.8) is 0 Å². The van der Waals surface area contributed by atoms with Crippen LogP contribution in [-0.4, -0.2) is 30.5 Å². The lowest BCUT2D eigenvalue weighted by Gasteiger charge is -2.30. The minimum atomic E-state index is -0.422. The Morgan fingerprint density at radius 2 is 2.33 bits per heavy atom. The number of aromatic nitrogens is 1. The number of anilines is 1. The maximum absolute atomic E-state index is 11.2. The van der Waals surface area contributed by atoms with E-state index < -0.39 is 5.91 Å². The van der Waals surface area contributed by atoms with Crippen LogP contribution >= 0.6 is 0 Å². The Hall–Kier alpha value is -1.62. The van der Waals surface area contributed by atoms with Crippen molar-refractivity contribution in [2.75, 3.05) is 18.5 Å². The van der Waals surface area contributed by atoms with Gasteiger partial charge in [0.2, 0.25) is 5.91 Å². The molecule has 0 radical (unpaired) electrons. The van der Waals surface area contributed by atoms with Crippen LogP contribution in [0.4, 0.5) is 5.82 Å². The van der Waals surface area contributed by atoms with E-state index in [-0.39, 0.29) is 0 Å². The van der Waals surface area contributed by atoms with Crippen molar-refractivity contribution in [2.24, 2.45) is 17.4 Å². The van der Waals surface area contributed by atoms with Gasteiger partial charge in [-0.25, -0.2) is 4.98 Å². The van der Waals surface area contributed by atoms with E-state index in [1.807, 2.05) is 7.05 Å². The molecule has 0 aromatic carbocycles. The average molecular weight is 248 g/mol. The molecule has 1 aromatic rings. The van der Waals surface area contributed by atoms with E-state index in [1.165, 1.54) is 12.8 Å². The molecule has 5 nitrogen and oxygen atoms in total. The summed E-state index contributed by atoms with van der Waals surface area (Å²) >= 11 is 0. The van der Waals surface area contributed by atoms with Crippen molar-refractivity contribution in [3.05, 3.63) is 23.9 Å². The monoisotopic (exact) mass is 248 g/mol. The first kappa shape index (κ1) is 12.8. The van der Waals surface area contributed by atoms with Gasteiger partial charge in [-0.05, 0) is 37.4 Å². The van der Waals surface area contributed by atoms with Crippen LogP contribution in [0.3, 0.4) is 0 Å². The molecule has 1 aliphatic carbocycles. The lowest BCUT2D eigenvalue weighted by Crippen LogP contribution is -2.38. The highest BCUT2D eigenvalue weighted by Gasteiger charge is 2.30. The number of nitrogens with two attached hydrogens (primary N) is 2. The van der Waals surface area contributed by atoms with Crippen LogP contribution in [0.15, 0.2) is 18.3 Å². The molecule has 1 fully saturated rings. The van der Waals surface area contributed by atoms with Crippen LogP contribution in [0.5, 0.6) is 0 Å². The van der Waals surface area contributed by atoms with E-state index in [2.05, 4.69) is 9.88 Å². The number of nitrogens with zero attached hydrogens (tertiary/aromatic N) is 2. The zero-order valence-corrected chi connectivity index (χ0v) is 10.7. The maximum atomic E-state index is 11.2. The summed E-state index contributed by atoms with van der Waals surface area (Å²) in [7, 11) is 2.01. The van der Waals surface area contributed by atoms with Crippen LogP contribution in [0.2, 0.25) is 0 Å². The molecule has 1 heterocycles. The van der Waals surface area contributed by atoms with Gasteiger partial charge in [0, 0.05) is 24.8 Å². The Kier molecular flexibility index (Phi) is 3.81. The number of rotatable bonds is 4. The average Bonchev–Trinajstić information content (AvgIpc) is 2.86. The fraction of sp³-hybridized carbons (Fsp3) is 0.538. The van der Waals surface area contributed by atoms with Gasteiger partial charge in [0.1, 0.15) is 5.82 Å². The normalized spacial score (nSPS) is 23.0. The van der Waals surface area contributed by atoms with Gasteiger partial charge in [-0.2, -0.15) is 0 Å². The van der Waals surface area contributed by atoms with Gasteiger partial charge in [-0.3, -0.25) is 4.79 Å². The van der Waals surface area contributed by atoms with Gasteiger partial charge in [-0.15, -0.1) is 0 Å². The summed E-state index contributed by atoms with van der Waals surface area (Å²) in [6.07, 6.45) is 5.12. The van der Waals surface area contributed by atoms with Crippen molar-refractivity contribution in [2.45, 2.75) is 25.3 Å². The van der Waals surface area contributed by atoms with Gasteiger partial charge >= 0.3 is 0 Å². The largest absolute Gasteiger partial charge is 0.366 e. The molecule has 0 bridgehead atoms. The van der Waals surface area contributed by atoms with Gasteiger partial charge in [0.15, 0.2) is 0 Å². The summed E-state index contributed by atoms with van der Waals surface area (Å²) in [6.45, 7) is 0.699. The molecule has 0 aliphatic heterocycles. The Labute approximate surface area is 107 Å².